The van der Waals surface area contributed by atoms with Crippen molar-refractivity contribution in [3.05, 3.63) is 59.1 Å². The summed E-state index contributed by atoms with van der Waals surface area (Å²) in [6.07, 6.45) is 0. The lowest BCUT2D eigenvalue weighted by molar-refractivity contribution is -0.115. The minimum atomic E-state index is -3.69. The van der Waals surface area contributed by atoms with Gasteiger partial charge in [0.2, 0.25) is 15.9 Å². The van der Waals surface area contributed by atoms with E-state index in [1.807, 2.05) is 6.92 Å². The van der Waals surface area contributed by atoms with Crippen LogP contribution in [0, 0.1) is 0 Å². The molecule has 0 unspecified atom stereocenters. The highest BCUT2D eigenvalue weighted by Crippen LogP contribution is 2.23. The van der Waals surface area contributed by atoms with E-state index in [2.05, 4.69) is 10.0 Å². The fraction of sp³-hybridized carbons (Fsp3) is 0.235. The monoisotopic (exact) mass is 382 g/mol. The molecule has 6 nitrogen and oxygen atoms in total. The van der Waals surface area contributed by atoms with Crippen molar-refractivity contribution < 1.29 is 17.9 Å². The Labute approximate surface area is 152 Å². The molecule has 1 amide bonds. The van der Waals surface area contributed by atoms with Gasteiger partial charge in [-0.1, -0.05) is 41.9 Å². The number of benzene rings is 2. The topological polar surface area (TPSA) is 84.5 Å². The molecule has 134 valence electrons. The summed E-state index contributed by atoms with van der Waals surface area (Å²) in [7, 11) is -3.69. The van der Waals surface area contributed by atoms with E-state index < -0.39 is 15.9 Å². The highest BCUT2D eigenvalue weighted by Gasteiger charge is 2.16. The first-order valence-corrected chi connectivity index (χ1v) is 9.66. The molecule has 0 aromatic heterocycles. The Kier molecular flexibility index (Phi) is 6.81. The van der Waals surface area contributed by atoms with Crippen molar-refractivity contribution in [3.63, 3.8) is 0 Å². The molecule has 2 N–H and O–H groups in total. The molecule has 8 heteroatoms. The normalized spacial score (nSPS) is 11.1. The average molecular weight is 383 g/mol. The molecular weight excluding hydrogens is 364 g/mol. The summed E-state index contributed by atoms with van der Waals surface area (Å²) < 4.78 is 31.9. The summed E-state index contributed by atoms with van der Waals surface area (Å²) in [5, 5.41) is 2.99. The lowest BCUT2D eigenvalue weighted by atomic mass is 10.2. The quantitative estimate of drug-likeness (QED) is 0.735. The summed E-state index contributed by atoms with van der Waals surface area (Å²) in [6, 6.07) is 13.6. The van der Waals surface area contributed by atoms with Crippen LogP contribution < -0.4 is 14.8 Å². The summed E-state index contributed by atoms with van der Waals surface area (Å²) in [5.41, 5.74) is 0.957. The van der Waals surface area contributed by atoms with Crippen molar-refractivity contribution in [3.8, 4) is 5.75 Å². The van der Waals surface area contributed by atoms with Crippen molar-refractivity contribution in [2.75, 3.05) is 18.5 Å². The number of hydrogen-bond acceptors (Lipinski definition) is 4. The molecule has 0 fully saturated rings. The zero-order chi connectivity index (χ0) is 18.3. The fourth-order valence-electron chi connectivity index (χ4n) is 2.09. The summed E-state index contributed by atoms with van der Waals surface area (Å²) in [4.78, 5) is 12.0. The number of sulfonamides is 1. The third kappa shape index (κ3) is 6.04. The Bertz CT molecular complexity index is 840. The molecule has 0 bridgehead atoms. The fourth-order valence-corrected chi connectivity index (χ4v) is 3.49. The number of hydrogen-bond donors (Lipinski definition) is 2. The molecule has 0 radical (unpaired) electrons. The van der Waals surface area contributed by atoms with Gasteiger partial charge in [-0.3, -0.25) is 4.79 Å². The second-order valence-electron chi connectivity index (χ2n) is 5.15. The van der Waals surface area contributed by atoms with Crippen LogP contribution in [0.15, 0.2) is 48.5 Å². The lowest BCUT2D eigenvalue weighted by Gasteiger charge is -2.12. The van der Waals surface area contributed by atoms with Gasteiger partial charge in [-0.05, 0) is 30.7 Å². The van der Waals surface area contributed by atoms with Gasteiger partial charge in [0.05, 0.1) is 24.6 Å². The second kappa shape index (κ2) is 8.84. The molecule has 2 aromatic carbocycles. The van der Waals surface area contributed by atoms with Crippen molar-refractivity contribution >= 4 is 33.2 Å². The largest absolute Gasteiger partial charge is 0.492 e. The molecule has 0 heterocycles. The molecule has 0 aliphatic rings. The number of anilines is 1. The van der Waals surface area contributed by atoms with E-state index in [0.29, 0.717) is 28.6 Å². The summed E-state index contributed by atoms with van der Waals surface area (Å²) in [6.45, 7) is 1.91. The van der Waals surface area contributed by atoms with Gasteiger partial charge >= 0.3 is 0 Å². The van der Waals surface area contributed by atoms with Crippen LogP contribution in [0.2, 0.25) is 5.02 Å². The van der Waals surface area contributed by atoms with E-state index in [1.54, 1.807) is 48.5 Å². The second-order valence-corrected chi connectivity index (χ2v) is 7.36. The predicted octanol–water partition coefficient (Wildman–Crippen LogP) is 2.80. The van der Waals surface area contributed by atoms with Crippen LogP contribution in [-0.4, -0.2) is 27.5 Å². The van der Waals surface area contributed by atoms with Gasteiger partial charge in [-0.15, -0.1) is 0 Å². The number of nitrogens with one attached hydrogen (secondary N) is 2. The van der Waals surface area contributed by atoms with Crippen LogP contribution in [-0.2, 0) is 20.6 Å². The molecule has 2 aromatic rings. The first-order chi connectivity index (χ1) is 11.9. The van der Waals surface area contributed by atoms with Gasteiger partial charge in [0.1, 0.15) is 5.75 Å². The van der Waals surface area contributed by atoms with Gasteiger partial charge in [0.15, 0.2) is 0 Å². The number of rotatable bonds is 8. The SMILES string of the molecule is CCOc1ccccc1NC(=O)CNS(=O)(=O)Cc1ccccc1Cl. The van der Waals surface area contributed by atoms with Crippen LogP contribution in [0.3, 0.4) is 0 Å². The number of para-hydroxylation sites is 2. The molecular formula is C17H19ClN2O4S. The Morgan fingerprint density at radius 1 is 1.12 bits per heavy atom. The third-order valence-corrected chi connectivity index (χ3v) is 4.86. The molecule has 0 aliphatic carbocycles. The number of halogens is 1. The standard InChI is InChI=1S/C17H19ClN2O4S/c1-2-24-16-10-6-5-9-15(16)20-17(21)11-19-25(22,23)12-13-7-3-4-8-14(13)18/h3-10,19H,2,11-12H2,1H3,(H,20,21). The van der Waals surface area contributed by atoms with Gasteiger partial charge in [-0.2, -0.15) is 0 Å². The van der Waals surface area contributed by atoms with Crippen molar-refractivity contribution in [2.45, 2.75) is 12.7 Å². The first kappa shape index (κ1) is 19.2. The van der Waals surface area contributed by atoms with E-state index in [4.69, 9.17) is 16.3 Å². The van der Waals surface area contributed by atoms with Crippen LogP contribution >= 0.6 is 11.6 Å². The Balaban J connectivity index is 1.94. The van der Waals surface area contributed by atoms with Crippen molar-refractivity contribution in [1.82, 2.24) is 4.72 Å². The number of carbonyl (C=O) groups is 1. The van der Waals surface area contributed by atoms with Gasteiger partial charge in [0.25, 0.3) is 0 Å². The zero-order valence-electron chi connectivity index (χ0n) is 13.7. The molecule has 0 saturated carbocycles. The molecule has 0 atom stereocenters. The average Bonchev–Trinajstić information content (AvgIpc) is 2.57. The molecule has 0 saturated heterocycles. The number of amides is 1. The maximum Gasteiger partial charge on any atom is 0.239 e. The summed E-state index contributed by atoms with van der Waals surface area (Å²) in [5.74, 6) is -0.262. The maximum atomic E-state index is 12.1. The van der Waals surface area contributed by atoms with Crippen LogP contribution in [0.5, 0.6) is 5.75 Å². The van der Waals surface area contributed by atoms with Crippen molar-refractivity contribution in [1.29, 1.82) is 0 Å². The van der Waals surface area contributed by atoms with E-state index in [9.17, 15) is 13.2 Å². The number of carbonyl (C=O) groups excluding carboxylic acids is 1. The van der Waals surface area contributed by atoms with Crippen molar-refractivity contribution in [2.24, 2.45) is 0 Å². The highest BCUT2D eigenvalue weighted by molar-refractivity contribution is 7.88. The van der Waals surface area contributed by atoms with E-state index in [0.717, 1.165) is 0 Å². The first-order valence-electron chi connectivity index (χ1n) is 7.63. The van der Waals surface area contributed by atoms with Gasteiger partial charge in [-0.25, -0.2) is 13.1 Å². The smallest absolute Gasteiger partial charge is 0.239 e. The zero-order valence-corrected chi connectivity index (χ0v) is 15.2. The van der Waals surface area contributed by atoms with Crippen LogP contribution in [0.4, 0.5) is 5.69 Å². The van der Waals surface area contributed by atoms with E-state index >= 15 is 0 Å². The lowest BCUT2D eigenvalue weighted by Crippen LogP contribution is -2.33. The van der Waals surface area contributed by atoms with E-state index in [1.165, 1.54) is 0 Å². The van der Waals surface area contributed by atoms with E-state index in [-0.39, 0.29) is 12.3 Å². The van der Waals surface area contributed by atoms with Crippen LogP contribution in [0.1, 0.15) is 12.5 Å². The Morgan fingerprint density at radius 2 is 1.80 bits per heavy atom. The molecule has 0 aliphatic heterocycles. The summed E-state index contributed by atoms with van der Waals surface area (Å²) >= 11 is 5.96. The van der Waals surface area contributed by atoms with Gasteiger partial charge < -0.3 is 10.1 Å². The predicted molar refractivity (Wildman–Crippen MR) is 98.3 cm³/mol. The Morgan fingerprint density at radius 3 is 2.52 bits per heavy atom. The van der Waals surface area contributed by atoms with Gasteiger partial charge in [0, 0.05) is 5.02 Å². The minimum Gasteiger partial charge on any atom is -0.492 e. The Hall–Kier alpha value is -2.09. The molecule has 0 spiro atoms. The van der Waals surface area contributed by atoms with Crippen LogP contribution in [0.25, 0.3) is 0 Å². The molecule has 25 heavy (non-hydrogen) atoms. The maximum absolute atomic E-state index is 12.1. The molecule has 2 rings (SSSR count). The number of ether oxygens (including phenoxy) is 1. The minimum absolute atomic E-state index is 0.296. The third-order valence-electron chi connectivity index (χ3n) is 3.22. The highest BCUT2D eigenvalue weighted by atomic mass is 35.5.